The average Bonchev–Trinajstić information content (AvgIpc) is 1.96. The van der Waals surface area contributed by atoms with Crippen molar-refractivity contribution < 1.29 is 8.78 Å². The lowest BCUT2D eigenvalue weighted by Crippen LogP contribution is -2.58. The molecule has 2 unspecified atom stereocenters. The maximum absolute atomic E-state index is 13.2. The minimum atomic E-state index is -2.96. The molecule has 0 spiro atoms. The Hall–Kier alpha value is -0.870. The second-order valence-corrected chi connectivity index (χ2v) is 3.73. The summed E-state index contributed by atoms with van der Waals surface area (Å²) in [4.78, 5) is 2.42. The van der Waals surface area contributed by atoms with E-state index in [0.29, 0.717) is 12.8 Å². The van der Waals surface area contributed by atoms with Gasteiger partial charge < -0.3 is 5.73 Å². The smallest absolute Gasteiger partial charge is 0.258 e. The molecule has 2 atom stereocenters. The molecule has 1 rings (SSSR count). The summed E-state index contributed by atoms with van der Waals surface area (Å²) in [6, 6.07) is -1.42. The zero-order valence-electron chi connectivity index (χ0n) is 7.37. The minimum Gasteiger partial charge on any atom is -0.325 e. The molecule has 0 aromatic carbocycles. The number of nitrogens with zero attached hydrogens (tertiary/aromatic N) is 3. The van der Waals surface area contributed by atoms with Crippen LogP contribution in [0.4, 0.5) is 8.78 Å². The highest BCUT2D eigenvalue weighted by Crippen LogP contribution is 2.40. The largest absolute Gasteiger partial charge is 0.325 e. The number of halogens is 2. The van der Waals surface area contributed by atoms with Crippen molar-refractivity contribution in [2.45, 2.75) is 43.7 Å². The Morgan fingerprint density at radius 2 is 2.15 bits per heavy atom. The van der Waals surface area contributed by atoms with Gasteiger partial charge >= 0.3 is 0 Å². The summed E-state index contributed by atoms with van der Waals surface area (Å²) >= 11 is 0. The average molecular weight is 190 g/mol. The first-order valence-corrected chi connectivity index (χ1v) is 4.11. The summed E-state index contributed by atoms with van der Waals surface area (Å²) in [5.41, 5.74) is 12.7. The van der Waals surface area contributed by atoms with Crippen LogP contribution in [0.3, 0.4) is 0 Å². The fraction of sp³-hybridized carbons (Fsp3) is 1.00. The maximum Gasteiger partial charge on any atom is 0.258 e. The Labute approximate surface area is 74.7 Å². The van der Waals surface area contributed by atoms with Gasteiger partial charge in [-0.05, 0) is 25.3 Å². The Balaban J connectivity index is 2.97. The molecule has 4 nitrogen and oxygen atoms in total. The Morgan fingerprint density at radius 3 is 2.62 bits per heavy atom. The van der Waals surface area contributed by atoms with E-state index in [9.17, 15) is 8.78 Å². The number of rotatable bonds is 1. The molecule has 0 aromatic heterocycles. The highest BCUT2D eigenvalue weighted by molar-refractivity contribution is 5.04. The molecule has 0 heterocycles. The molecule has 0 aliphatic heterocycles. The lowest BCUT2D eigenvalue weighted by molar-refractivity contribution is -0.0752. The van der Waals surface area contributed by atoms with Gasteiger partial charge in [0.1, 0.15) is 6.04 Å². The van der Waals surface area contributed by atoms with Gasteiger partial charge in [-0.3, -0.25) is 0 Å². The van der Waals surface area contributed by atoms with Crippen molar-refractivity contribution in [1.82, 2.24) is 0 Å². The monoisotopic (exact) mass is 190 g/mol. The van der Waals surface area contributed by atoms with Crippen LogP contribution >= 0.6 is 0 Å². The molecule has 0 saturated heterocycles. The van der Waals surface area contributed by atoms with Crippen LogP contribution in [0.15, 0.2) is 5.11 Å². The van der Waals surface area contributed by atoms with E-state index < -0.39 is 17.5 Å². The summed E-state index contributed by atoms with van der Waals surface area (Å²) in [6.07, 6.45) is 0.590. The first kappa shape index (κ1) is 10.2. The molecule has 1 fully saturated rings. The topological polar surface area (TPSA) is 74.8 Å². The number of hydrogen-bond acceptors (Lipinski definition) is 2. The van der Waals surface area contributed by atoms with E-state index in [1.54, 1.807) is 0 Å². The number of alkyl halides is 2. The lowest BCUT2D eigenvalue weighted by Gasteiger charge is -2.40. The van der Waals surface area contributed by atoms with Crippen LogP contribution in [0.2, 0.25) is 0 Å². The molecule has 1 aliphatic carbocycles. The van der Waals surface area contributed by atoms with E-state index in [4.69, 9.17) is 11.3 Å². The molecule has 13 heavy (non-hydrogen) atoms. The van der Waals surface area contributed by atoms with Crippen molar-refractivity contribution in [3.8, 4) is 0 Å². The minimum absolute atomic E-state index is 0.247. The zero-order chi connectivity index (χ0) is 10.1. The van der Waals surface area contributed by atoms with Crippen LogP contribution in [0.1, 0.15) is 26.2 Å². The molecular formula is C7H12F2N4. The van der Waals surface area contributed by atoms with Crippen molar-refractivity contribution in [3.05, 3.63) is 10.4 Å². The van der Waals surface area contributed by atoms with E-state index in [2.05, 4.69) is 10.0 Å². The Kier molecular flexibility index (Phi) is 2.45. The van der Waals surface area contributed by atoms with Crippen LogP contribution in [-0.2, 0) is 0 Å². The van der Waals surface area contributed by atoms with E-state index >= 15 is 0 Å². The first-order valence-electron chi connectivity index (χ1n) is 4.11. The standard InChI is InChI=1S/C7H12F2N4/c1-6(10)3-2-4-7(8,9)5(6)12-13-11/h5H,2-4,10H2,1H3. The van der Waals surface area contributed by atoms with Gasteiger partial charge in [0.15, 0.2) is 0 Å². The Bertz CT molecular complexity index is 229. The molecule has 2 N–H and O–H groups in total. The third-order valence-corrected chi connectivity index (χ3v) is 2.42. The van der Waals surface area contributed by atoms with E-state index in [1.165, 1.54) is 6.92 Å². The first-order chi connectivity index (χ1) is 5.90. The quantitative estimate of drug-likeness (QED) is 0.384. The van der Waals surface area contributed by atoms with E-state index in [-0.39, 0.29) is 6.42 Å². The Morgan fingerprint density at radius 1 is 1.54 bits per heavy atom. The molecule has 1 aliphatic rings. The van der Waals surface area contributed by atoms with E-state index in [1.807, 2.05) is 0 Å². The number of azide groups is 1. The predicted molar refractivity (Wildman–Crippen MR) is 44.3 cm³/mol. The summed E-state index contributed by atoms with van der Waals surface area (Å²) < 4.78 is 26.4. The van der Waals surface area contributed by atoms with Crippen molar-refractivity contribution in [2.24, 2.45) is 10.8 Å². The lowest BCUT2D eigenvalue weighted by atomic mass is 9.77. The summed E-state index contributed by atoms with van der Waals surface area (Å²) in [7, 11) is 0. The molecule has 1 saturated carbocycles. The predicted octanol–water partition coefficient (Wildman–Crippen LogP) is 2.20. The number of hydrogen-bond donors (Lipinski definition) is 1. The van der Waals surface area contributed by atoms with Gasteiger partial charge in [-0.15, -0.1) is 0 Å². The molecule has 0 aromatic rings. The normalized spacial score (nSPS) is 38.0. The van der Waals surface area contributed by atoms with Gasteiger partial charge in [0.25, 0.3) is 5.92 Å². The SMILES string of the molecule is CC1(N)CCCC(F)(F)C1N=[N+]=[N-]. The molecule has 0 amide bonds. The zero-order valence-corrected chi connectivity index (χ0v) is 7.37. The molecule has 6 heteroatoms. The fourth-order valence-corrected chi connectivity index (χ4v) is 1.73. The van der Waals surface area contributed by atoms with E-state index in [0.717, 1.165) is 0 Å². The van der Waals surface area contributed by atoms with Gasteiger partial charge in [0.2, 0.25) is 0 Å². The van der Waals surface area contributed by atoms with Crippen molar-refractivity contribution in [1.29, 1.82) is 0 Å². The second kappa shape index (κ2) is 3.12. The summed E-state index contributed by atoms with van der Waals surface area (Å²) in [6.45, 7) is 1.50. The van der Waals surface area contributed by atoms with Crippen LogP contribution in [0.25, 0.3) is 10.4 Å². The van der Waals surface area contributed by atoms with Gasteiger partial charge in [0.05, 0.1) is 0 Å². The van der Waals surface area contributed by atoms with Crippen molar-refractivity contribution in [3.63, 3.8) is 0 Å². The van der Waals surface area contributed by atoms with Crippen molar-refractivity contribution in [2.75, 3.05) is 0 Å². The second-order valence-electron chi connectivity index (χ2n) is 3.73. The van der Waals surface area contributed by atoms with Crippen LogP contribution in [0.5, 0.6) is 0 Å². The van der Waals surface area contributed by atoms with Crippen molar-refractivity contribution >= 4 is 0 Å². The van der Waals surface area contributed by atoms with Crippen LogP contribution < -0.4 is 5.73 Å². The van der Waals surface area contributed by atoms with Crippen LogP contribution in [-0.4, -0.2) is 17.5 Å². The van der Waals surface area contributed by atoms with Gasteiger partial charge in [-0.2, -0.15) is 0 Å². The highest BCUT2D eigenvalue weighted by atomic mass is 19.3. The van der Waals surface area contributed by atoms with Gasteiger partial charge in [-0.1, -0.05) is 5.11 Å². The summed E-state index contributed by atoms with van der Waals surface area (Å²) in [5, 5.41) is 3.09. The third kappa shape index (κ3) is 1.89. The molecular weight excluding hydrogens is 178 g/mol. The van der Waals surface area contributed by atoms with Gasteiger partial charge in [-0.25, -0.2) is 8.78 Å². The fourth-order valence-electron chi connectivity index (χ4n) is 1.73. The maximum atomic E-state index is 13.2. The summed E-state index contributed by atoms with van der Waals surface area (Å²) in [5.74, 6) is -2.96. The molecule has 0 bridgehead atoms. The highest BCUT2D eigenvalue weighted by Gasteiger charge is 2.50. The van der Waals surface area contributed by atoms with Gasteiger partial charge in [0, 0.05) is 16.9 Å². The third-order valence-electron chi connectivity index (χ3n) is 2.42. The molecule has 74 valence electrons. The molecule has 0 radical (unpaired) electrons. The number of nitrogens with two attached hydrogens (primary N) is 1. The van der Waals surface area contributed by atoms with Crippen LogP contribution in [0, 0.1) is 0 Å².